The molecular weight excluding hydrogens is 359 g/mol. The minimum atomic E-state index is -0.129. The topological polar surface area (TPSA) is 35.8 Å². The van der Waals surface area contributed by atoms with Gasteiger partial charge in [0.15, 0.2) is 0 Å². The number of hydrogen-bond acceptors (Lipinski definition) is 2. The van der Waals surface area contributed by atoms with E-state index in [1.54, 1.807) is 0 Å². The molecule has 1 atom stereocenters. The molecule has 0 aromatic heterocycles. The fourth-order valence-electron chi connectivity index (χ4n) is 1.85. The first-order valence-corrected chi connectivity index (χ1v) is 7.50. The predicted molar refractivity (Wildman–Crippen MR) is 87.2 cm³/mol. The number of nitriles is 1. The molecular formula is C15H11BrCl2N2. The van der Waals surface area contributed by atoms with Crippen LogP contribution in [0, 0.1) is 11.3 Å². The van der Waals surface area contributed by atoms with Gasteiger partial charge in [-0.25, -0.2) is 0 Å². The quantitative estimate of drug-likeness (QED) is 0.689. The van der Waals surface area contributed by atoms with E-state index in [1.165, 1.54) is 0 Å². The highest BCUT2D eigenvalue weighted by Crippen LogP contribution is 2.37. The summed E-state index contributed by atoms with van der Waals surface area (Å²) in [5.74, 6) is 0. The largest absolute Gasteiger partial charge is 0.376 e. The van der Waals surface area contributed by atoms with E-state index >= 15 is 0 Å². The third-order valence-corrected chi connectivity index (χ3v) is 4.63. The number of nitrogens with one attached hydrogen (secondary N) is 1. The van der Waals surface area contributed by atoms with Gasteiger partial charge in [0.25, 0.3) is 0 Å². The minimum absolute atomic E-state index is 0.129. The second-order valence-electron chi connectivity index (χ2n) is 4.19. The van der Waals surface area contributed by atoms with E-state index in [-0.39, 0.29) is 6.04 Å². The molecule has 0 aliphatic carbocycles. The molecule has 0 aliphatic heterocycles. The van der Waals surface area contributed by atoms with Crippen molar-refractivity contribution in [3.63, 3.8) is 0 Å². The summed E-state index contributed by atoms with van der Waals surface area (Å²) < 4.78 is 0.742. The van der Waals surface area contributed by atoms with Crippen molar-refractivity contribution in [2.24, 2.45) is 0 Å². The molecule has 0 amide bonds. The molecule has 2 nitrogen and oxygen atoms in total. The highest BCUT2D eigenvalue weighted by atomic mass is 79.9. The normalized spacial score (nSPS) is 11.7. The number of anilines is 1. The van der Waals surface area contributed by atoms with E-state index in [0.29, 0.717) is 22.2 Å². The summed E-state index contributed by atoms with van der Waals surface area (Å²) in [7, 11) is 0. The molecule has 0 aliphatic rings. The highest BCUT2D eigenvalue weighted by Gasteiger charge is 2.14. The minimum Gasteiger partial charge on any atom is -0.376 e. The summed E-state index contributed by atoms with van der Waals surface area (Å²) in [6, 6.07) is 15.5. The van der Waals surface area contributed by atoms with Crippen LogP contribution in [0.4, 0.5) is 5.69 Å². The molecule has 0 bridgehead atoms. The van der Waals surface area contributed by atoms with E-state index in [4.69, 9.17) is 28.5 Å². The Bertz CT molecular complexity index is 638. The van der Waals surface area contributed by atoms with Crippen LogP contribution in [0.5, 0.6) is 0 Å². The van der Waals surface area contributed by atoms with E-state index in [0.717, 1.165) is 10.0 Å². The Kier molecular flexibility index (Phi) is 5.31. The lowest BCUT2D eigenvalue weighted by atomic mass is 10.0. The lowest BCUT2D eigenvalue weighted by molar-refractivity contribution is 0.806. The Hall–Kier alpha value is -1.21. The summed E-state index contributed by atoms with van der Waals surface area (Å²) in [5.41, 5.74) is 1.74. The van der Waals surface area contributed by atoms with Crippen molar-refractivity contribution in [1.82, 2.24) is 0 Å². The molecule has 0 fully saturated rings. The number of hydrogen-bond donors (Lipinski definition) is 1. The van der Waals surface area contributed by atoms with Crippen molar-refractivity contribution in [2.45, 2.75) is 12.5 Å². The summed E-state index contributed by atoms with van der Waals surface area (Å²) in [4.78, 5) is 0. The summed E-state index contributed by atoms with van der Waals surface area (Å²) >= 11 is 15.7. The van der Waals surface area contributed by atoms with Crippen LogP contribution < -0.4 is 5.32 Å². The van der Waals surface area contributed by atoms with Crippen molar-refractivity contribution in [3.05, 3.63) is 62.5 Å². The van der Waals surface area contributed by atoms with E-state index in [1.807, 2.05) is 42.5 Å². The first-order valence-electron chi connectivity index (χ1n) is 5.95. The third kappa shape index (κ3) is 3.46. The molecule has 0 radical (unpaired) electrons. The molecule has 5 heteroatoms. The predicted octanol–water partition coefficient (Wildman–Crippen LogP) is 5.82. The Balaban J connectivity index is 2.30. The monoisotopic (exact) mass is 368 g/mol. The van der Waals surface area contributed by atoms with Crippen LogP contribution in [0.1, 0.15) is 18.0 Å². The van der Waals surface area contributed by atoms with Crippen LogP contribution in [-0.4, -0.2) is 0 Å². The molecule has 0 saturated carbocycles. The zero-order valence-corrected chi connectivity index (χ0v) is 13.5. The van der Waals surface area contributed by atoms with Crippen LogP contribution >= 0.6 is 39.1 Å². The fraction of sp³-hybridized carbons (Fsp3) is 0.133. The van der Waals surface area contributed by atoms with Crippen LogP contribution in [0.3, 0.4) is 0 Å². The van der Waals surface area contributed by atoms with Gasteiger partial charge >= 0.3 is 0 Å². The van der Waals surface area contributed by atoms with E-state index in [9.17, 15) is 0 Å². The Morgan fingerprint density at radius 2 is 1.80 bits per heavy atom. The van der Waals surface area contributed by atoms with Crippen LogP contribution in [0.25, 0.3) is 0 Å². The second kappa shape index (κ2) is 6.99. The lowest BCUT2D eigenvalue weighted by Gasteiger charge is -2.19. The zero-order chi connectivity index (χ0) is 14.5. The van der Waals surface area contributed by atoms with Gasteiger partial charge in [0.2, 0.25) is 0 Å². The van der Waals surface area contributed by atoms with Crippen molar-refractivity contribution in [3.8, 4) is 6.07 Å². The molecule has 1 unspecified atom stereocenters. The molecule has 0 heterocycles. The number of rotatable bonds is 4. The lowest BCUT2D eigenvalue weighted by Crippen LogP contribution is -2.10. The van der Waals surface area contributed by atoms with Crippen molar-refractivity contribution < 1.29 is 0 Å². The van der Waals surface area contributed by atoms with Gasteiger partial charge in [-0.2, -0.15) is 5.26 Å². The van der Waals surface area contributed by atoms with Crippen LogP contribution in [0.15, 0.2) is 46.9 Å². The third-order valence-electron chi connectivity index (χ3n) is 2.86. The molecule has 102 valence electrons. The van der Waals surface area contributed by atoms with E-state index in [2.05, 4.69) is 27.3 Å². The van der Waals surface area contributed by atoms with Gasteiger partial charge in [-0.05, 0) is 33.6 Å². The summed E-state index contributed by atoms with van der Waals surface area (Å²) in [6.45, 7) is 0. The number of benzene rings is 2. The van der Waals surface area contributed by atoms with Gasteiger partial charge in [-0.1, -0.05) is 53.5 Å². The van der Waals surface area contributed by atoms with E-state index < -0.39 is 0 Å². The van der Waals surface area contributed by atoms with Crippen molar-refractivity contribution >= 4 is 44.8 Å². The van der Waals surface area contributed by atoms with Crippen molar-refractivity contribution in [1.29, 1.82) is 5.26 Å². The second-order valence-corrected chi connectivity index (χ2v) is 5.80. The maximum absolute atomic E-state index is 8.99. The SMILES string of the molecule is N#CCC(Nc1ccc(Br)c(Cl)c1Cl)c1ccccc1. The fourth-order valence-corrected chi connectivity index (χ4v) is 2.68. The zero-order valence-electron chi connectivity index (χ0n) is 10.4. The Morgan fingerprint density at radius 1 is 1.10 bits per heavy atom. The molecule has 20 heavy (non-hydrogen) atoms. The average molecular weight is 370 g/mol. The van der Waals surface area contributed by atoms with Crippen LogP contribution in [-0.2, 0) is 0 Å². The first kappa shape index (κ1) is 15.2. The molecule has 0 spiro atoms. The smallest absolute Gasteiger partial charge is 0.0835 e. The van der Waals surface area contributed by atoms with Gasteiger partial charge in [0.05, 0.1) is 34.3 Å². The van der Waals surface area contributed by atoms with Gasteiger partial charge < -0.3 is 5.32 Å². The average Bonchev–Trinajstić information content (AvgIpc) is 2.48. The molecule has 2 aromatic carbocycles. The molecule has 0 saturated heterocycles. The van der Waals surface area contributed by atoms with Gasteiger partial charge in [0.1, 0.15) is 0 Å². The maximum Gasteiger partial charge on any atom is 0.0835 e. The number of halogens is 3. The van der Waals surface area contributed by atoms with Gasteiger partial charge in [-0.3, -0.25) is 0 Å². The highest BCUT2D eigenvalue weighted by molar-refractivity contribution is 9.10. The van der Waals surface area contributed by atoms with Crippen molar-refractivity contribution in [2.75, 3.05) is 5.32 Å². The van der Waals surface area contributed by atoms with Gasteiger partial charge in [0, 0.05) is 4.47 Å². The maximum atomic E-state index is 8.99. The molecule has 2 aromatic rings. The van der Waals surface area contributed by atoms with Gasteiger partial charge in [-0.15, -0.1) is 0 Å². The first-order chi connectivity index (χ1) is 9.63. The Labute approximate surface area is 136 Å². The molecule has 1 N–H and O–H groups in total. The standard InChI is InChI=1S/C15H11BrCl2N2/c16-11-6-7-13(15(18)14(11)17)20-12(8-9-19)10-4-2-1-3-5-10/h1-7,12,20H,8H2. The summed E-state index contributed by atoms with van der Waals surface area (Å²) in [6.07, 6.45) is 0.341. The van der Waals surface area contributed by atoms with Crippen LogP contribution in [0.2, 0.25) is 10.0 Å². The number of nitrogens with zero attached hydrogens (tertiary/aromatic N) is 1. The molecule has 2 rings (SSSR count). The summed E-state index contributed by atoms with van der Waals surface area (Å²) in [5, 5.41) is 13.2. The Morgan fingerprint density at radius 3 is 2.45 bits per heavy atom.